The lowest BCUT2D eigenvalue weighted by Crippen LogP contribution is -2.15. The number of fused-ring (bicyclic) bond motifs is 1. The third-order valence-corrected chi connectivity index (χ3v) is 5.19. The number of nitrogens with zero attached hydrogens (tertiary/aromatic N) is 4. The number of hydrogen-bond donors (Lipinski definition) is 1. The number of benzene rings is 3. The van der Waals surface area contributed by atoms with Crippen LogP contribution in [-0.2, 0) is 6.54 Å². The van der Waals surface area contributed by atoms with Gasteiger partial charge in [-0.2, -0.15) is 10.4 Å². The Bertz CT molecular complexity index is 1300. The summed E-state index contributed by atoms with van der Waals surface area (Å²) in [6, 6.07) is 26.4. The Morgan fingerprint density at radius 3 is 2.48 bits per heavy atom. The van der Waals surface area contributed by atoms with Gasteiger partial charge in [0.1, 0.15) is 34.6 Å². The van der Waals surface area contributed by atoms with Crippen molar-refractivity contribution in [3.8, 4) is 34.6 Å². The molecule has 0 bridgehead atoms. The minimum atomic E-state index is -0.0273. The van der Waals surface area contributed by atoms with E-state index in [9.17, 15) is 10.4 Å². The van der Waals surface area contributed by atoms with Crippen molar-refractivity contribution in [1.29, 1.82) is 5.26 Å². The van der Waals surface area contributed by atoms with Crippen LogP contribution in [-0.4, -0.2) is 21.1 Å². The Hall–Kier alpha value is -4.37. The van der Waals surface area contributed by atoms with Gasteiger partial charge in [0.25, 0.3) is 0 Å². The highest BCUT2D eigenvalue weighted by molar-refractivity contribution is 5.79. The lowest BCUT2D eigenvalue weighted by atomic mass is 9.99. The molecular weight excluding hydrogens is 388 g/mol. The number of phenols is 1. The van der Waals surface area contributed by atoms with E-state index < -0.39 is 0 Å². The summed E-state index contributed by atoms with van der Waals surface area (Å²) >= 11 is 0. The summed E-state index contributed by atoms with van der Waals surface area (Å²) in [5.74, 6) is 2.21. The van der Waals surface area contributed by atoms with E-state index in [1.807, 2.05) is 72.9 Å². The van der Waals surface area contributed by atoms with E-state index in [-0.39, 0.29) is 11.7 Å². The van der Waals surface area contributed by atoms with Crippen molar-refractivity contribution in [2.24, 2.45) is 4.99 Å². The Balaban J connectivity index is 1.43. The number of hydrogen-bond acceptors (Lipinski definition) is 5. The molecule has 0 saturated heterocycles. The van der Waals surface area contributed by atoms with Crippen molar-refractivity contribution in [3.63, 3.8) is 0 Å². The Morgan fingerprint density at radius 1 is 0.968 bits per heavy atom. The Kier molecular flexibility index (Phi) is 4.70. The van der Waals surface area contributed by atoms with E-state index in [1.165, 1.54) is 0 Å². The van der Waals surface area contributed by atoms with Gasteiger partial charge < -0.3 is 9.84 Å². The molecule has 1 aromatic heterocycles. The highest BCUT2D eigenvalue weighted by Gasteiger charge is 2.24. The lowest BCUT2D eigenvalue weighted by molar-refractivity contribution is 0.473. The number of ether oxygens (including phenoxy) is 1. The number of phenolic OH excluding ortho intramolecular Hbond substituents is 1. The molecule has 5 rings (SSSR count). The van der Waals surface area contributed by atoms with Gasteiger partial charge in [0.05, 0.1) is 6.54 Å². The van der Waals surface area contributed by atoms with E-state index in [4.69, 9.17) is 4.74 Å². The van der Waals surface area contributed by atoms with Crippen molar-refractivity contribution in [3.05, 3.63) is 90.0 Å². The van der Waals surface area contributed by atoms with Crippen LogP contribution in [0.1, 0.15) is 17.0 Å². The van der Waals surface area contributed by atoms with Crippen LogP contribution in [0.2, 0.25) is 0 Å². The topological polar surface area (TPSA) is 83.4 Å². The number of aliphatic imine (C=N–C) groups is 1. The van der Waals surface area contributed by atoms with Crippen LogP contribution < -0.4 is 4.74 Å². The van der Waals surface area contributed by atoms with Gasteiger partial charge in [-0.1, -0.05) is 30.3 Å². The molecule has 6 nitrogen and oxygen atoms in total. The van der Waals surface area contributed by atoms with Gasteiger partial charge in [0.15, 0.2) is 5.82 Å². The molecule has 1 aliphatic heterocycles. The predicted molar refractivity (Wildman–Crippen MR) is 118 cm³/mol. The van der Waals surface area contributed by atoms with Crippen LogP contribution in [0.25, 0.3) is 11.3 Å². The molecule has 0 fully saturated rings. The van der Waals surface area contributed by atoms with Crippen LogP contribution in [0, 0.1) is 11.3 Å². The second-order valence-electron chi connectivity index (χ2n) is 7.26. The number of nitriles is 1. The summed E-state index contributed by atoms with van der Waals surface area (Å²) in [6.45, 7) is 0.548. The summed E-state index contributed by atoms with van der Waals surface area (Å²) in [4.78, 5) is 4.52. The normalized spacial score (nSPS) is 14.6. The molecule has 4 aromatic rings. The van der Waals surface area contributed by atoms with Gasteiger partial charge in [-0.15, -0.1) is 0 Å². The van der Waals surface area contributed by atoms with Crippen molar-refractivity contribution in [1.82, 2.24) is 9.78 Å². The second kappa shape index (κ2) is 7.81. The van der Waals surface area contributed by atoms with Crippen molar-refractivity contribution in [2.45, 2.75) is 12.5 Å². The minimum Gasteiger partial charge on any atom is -0.508 e. The third kappa shape index (κ3) is 3.65. The maximum absolute atomic E-state index is 9.77. The van der Waals surface area contributed by atoms with E-state index in [0.717, 1.165) is 16.9 Å². The maximum atomic E-state index is 9.77. The third-order valence-electron chi connectivity index (χ3n) is 5.19. The molecule has 3 aromatic carbocycles. The van der Waals surface area contributed by atoms with Crippen molar-refractivity contribution < 1.29 is 9.84 Å². The minimum absolute atomic E-state index is 0.0273. The van der Waals surface area contributed by atoms with Crippen molar-refractivity contribution >= 4 is 12.0 Å². The molecule has 2 heterocycles. The smallest absolute Gasteiger partial charge is 0.168 e. The molecule has 150 valence electrons. The molecule has 0 spiro atoms. The van der Waals surface area contributed by atoms with Gasteiger partial charge in [-0.3, -0.25) is 0 Å². The zero-order valence-electron chi connectivity index (χ0n) is 16.5. The first-order valence-electron chi connectivity index (χ1n) is 9.88. The van der Waals surface area contributed by atoms with Gasteiger partial charge in [0.2, 0.25) is 0 Å². The van der Waals surface area contributed by atoms with E-state index >= 15 is 0 Å². The number of para-hydroxylation sites is 1. The SMILES string of the molecule is N#Cc1c(-c2ccc(Oc3ccccc3)cc2)nn2c1N=CC(c1cccc(O)c1)C2. The molecule has 1 N–H and O–H groups in total. The molecular formula is C25H18N4O2. The molecule has 1 atom stereocenters. The van der Waals surface area contributed by atoms with Crippen LogP contribution in [0.3, 0.4) is 0 Å². The Labute approximate surface area is 179 Å². The number of aromatic nitrogens is 2. The highest BCUT2D eigenvalue weighted by atomic mass is 16.5. The van der Waals surface area contributed by atoms with E-state index in [2.05, 4.69) is 16.2 Å². The molecule has 0 radical (unpaired) electrons. The molecule has 6 heteroatoms. The molecule has 0 amide bonds. The predicted octanol–water partition coefficient (Wildman–Crippen LogP) is 5.42. The fraction of sp³-hybridized carbons (Fsp3) is 0.0800. The molecule has 31 heavy (non-hydrogen) atoms. The van der Waals surface area contributed by atoms with Gasteiger partial charge >= 0.3 is 0 Å². The molecule has 0 aliphatic carbocycles. The standard InChI is InChI=1S/C25H18N4O2/c26-14-23-24(17-9-11-22(12-10-17)31-21-7-2-1-3-8-21)28-29-16-19(15-27-25(23)29)18-5-4-6-20(30)13-18/h1-13,15,19,30H,16H2. The first kappa shape index (κ1) is 18.6. The van der Waals surface area contributed by atoms with Crippen LogP contribution in [0.5, 0.6) is 17.2 Å². The first-order chi connectivity index (χ1) is 15.2. The van der Waals surface area contributed by atoms with Crippen LogP contribution in [0.4, 0.5) is 5.82 Å². The van der Waals surface area contributed by atoms with Gasteiger partial charge in [0, 0.05) is 17.7 Å². The number of aromatic hydroxyl groups is 1. The van der Waals surface area contributed by atoms with Crippen LogP contribution >= 0.6 is 0 Å². The van der Waals surface area contributed by atoms with Gasteiger partial charge in [-0.05, 0) is 54.1 Å². The number of rotatable bonds is 4. The van der Waals surface area contributed by atoms with E-state index in [1.54, 1.807) is 16.8 Å². The average Bonchev–Trinajstić information content (AvgIpc) is 3.18. The summed E-state index contributed by atoms with van der Waals surface area (Å²) in [5.41, 5.74) is 2.81. The Morgan fingerprint density at radius 2 is 1.74 bits per heavy atom. The summed E-state index contributed by atoms with van der Waals surface area (Å²) in [5, 5.41) is 24.2. The largest absolute Gasteiger partial charge is 0.508 e. The zero-order chi connectivity index (χ0) is 21.2. The lowest BCUT2D eigenvalue weighted by Gasteiger charge is -2.18. The first-order valence-corrected chi connectivity index (χ1v) is 9.88. The molecule has 0 saturated carbocycles. The van der Waals surface area contributed by atoms with Crippen molar-refractivity contribution in [2.75, 3.05) is 0 Å². The molecule has 1 aliphatic rings. The van der Waals surface area contributed by atoms with Crippen LogP contribution in [0.15, 0.2) is 83.9 Å². The van der Waals surface area contributed by atoms with E-state index in [0.29, 0.717) is 29.4 Å². The summed E-state index contributed by atoms with van der Waals surface area (Å²) in [6.07, 6.45) is 1.81. The zero-order valence-corrected chi connectivity index (χ0v) is 16.5. The fourth-order valence-corrected chi connectivity index (χ4v) is 3.66. The monoisotopic (exact) mass is 406 g/mol. The summed E-state index contributed by atoms with van der Waals surface area (Å²) < 4.78 is 7.61. The quantitative estimate of drug-likeness (QED) is 0.490. The molecule has 1 unspecified atom stereocenters. The maximum Gasteiger partial charge on any atom is 0.168 e. The average molecular weight is 406 g/mol. The fourth-order valence-electron chi connectivity index (χ4n) is 3.66. The second-order valence-corrected chi connectivity index (χ2v) is 7.26. The highest BCUT2D eigenvalue weighted by Crippen LogP contribution is 2.35. The summed E-state index contributed by atoms with van der Waals surface area (Å²) in [7, 11) is 0. The van der Waals surface area contributed by atoms with Gasteiger partial charge in [-0.25, -0.2) is 9.67 Å².